The first-order valence-corrected chi connectivity index (χ1v) is 8.53. The Morgan fingerprint density at radius 2 is 1.80 bits per heavy atom. The second-order valence-electron chi connectivity index (χ2n) is 2.68. The SMILES string of the molecule is CCCSP(=O)(O)OCC.CCNCC. The van der Waals surface area contributed by atoms with Gasteiger partial charge in [0, 0.05) is 5.75 Å². The quantitative estimate of drug-likeness (QED) is 0.687. The lowest BCUT2D eigenvalue weighted by atomic mass is 10.6. The molecule has 1 unspecified atom stereocenters. The maximum Gasteiger partial charge on any atom is 0.386 e. The fourth-order valence-electron chi connectivity index (χ4n) is 0.657. The van der Waals surface area contributed by atoms with E-state index in [0.717, 1.165) is 30.9 Å². The van der Waals surface area contributed by atoms with Gasteiger partial charge in [0.15, 0.2) is 0 Å². The van der Waals surface area contributed by atoms with Crippen molar-refractivity contribution < 1.29 is 14.0 Å². The van der Waals surface area contributed by atoms with Crippen LogP contribution in [0.5, 0.6) is 0 Å². The van der Waals surface area contributed by atoms with Gasteiger partial charge < -0.3 is 14.7 Å². The molecule has 0 aliphatic rings. The third-order valence-electron chi connectivity index (χ3n) is 1.25. The van der Waals surface area contributed by atoms with Crippen molar-refractivity contribution in [3.05, 3.63) is 0 Å². The van der Waals surface area contributed by atoms with Crippen molar-refractivity contribution in [1.82, 2.24) is 5.32 Å². The largest absolute Gasteiger partial charge is 0.386 e. The first-order valence-electron chi connectivity index (χ1n) is 5.36. The van der Waals surface area contributed by atoms with Crippen LogP contribution in [0.15, 0.2) is 0 Å². The molecular formula is C9H24NO3PS. The summed E-state index contributed by atoms with van der Waals surface area (Å²) in [6.45, 7) is 7.05. The van der Waals surface area contributed by atoms with Gasteiger partial charge in [-0.3, -0.25) is 0 Å². The van der Waals surface area contributed by atoms with E-state index in [0.29, 0.717) is 12.4 Å². The minimum atomic E-state index is -3.29. The smallest absolute Gasteiger partial charge is 0.317 e. The maximum absolute atomic E-state index is 10.9. The molecule has 0 spiro atoms. The van der Waals surface area contributed by atoms with Crippen LogP contribution in [0.25, 0.3) is 0 Å². The molecule has 0 saturated carbocycles. The summed E-state index contributed by atoms with van der Waals surface area (Å²) in [5, 5.41) is 3.11. The van der Waals surface area contributed by atoms with Gasteiger partial charge in [-0.25, -0.2) is 4.57 Å². The summed E-state index contributed by atoms with van der Waals surface area (Å²) in [6.07, 6.45) is 0.891. The summed E-state index contributed by atoms with van der Waals surface area (Å²) in [5.41, 5.74) is 0. The summed E-state index contributed by atoms with van der Waals surface area (Å²) in [7, 11) is 0. The van der Waals surface area contributed by atoms with Crippen molar-refractivity contribution >= 4 is 18.2 Å². The molecule has 0 saturated heterocycles. The molecular weight excluding hydrogens is 233 g/mol. The Labute approximate surface area is 97.5 Å². The third kappa shape index (κ3) is 17.1. The van der Waals surface area contributed by atoms with E-state index in [9.17, 15) is 4.57 Å². The van der Waals surface area contributed by atoms with Crippen molar-refractivity contribution in [1.29, 1.82) is 0 Å². The maximum atomic E-state index is 10.9. The van der Waals surface area contributed by atoms with Crippen LogP contribution in [0, 0.1) is 0 Å². The van der Waals surface area contributed by atoms with Crippen LogP contribution in [0.3, 0.4) is 0 Å². The van der Waals surface area contributed by atoms with Crippen LogP contribution in [0.1, 0.15) is 34.1 Å². The van der Waals surface area contributed by atoms with Gasteiger partial charge in [-0.1, -0.05) is 20.8 Å². The highest BCUT2D eigenvalue weighted by molar-refractivity contribution is 8.54. The van der Waals surface area contributed by atoms with E-state index in [4.69, 9.17) is 4.89 Å². The van der Waals surface area contributed by atoms with Gasteiger partial charge in [0.05, 0.1) is 6.61 Å². The van der Waals surface area contributed by atoms with E-state index in [1.165, 1.54) is 0 Å². The lowest BCUT2D eigenvalue weighted by molar-refractivity contribution is 0.291. The second kappa shape index (κ2) is 12.5. The van der Waals surface area contributed by atoms with E-state index in [-0.39, 0.29) is 0 Å². The zero-order valence-electron chi connectivity index (χ0n) is 10.2. The average molecular weight is 257 g/mol. The van der Waals surface area contributed by atoms with E-state index < -0.39 is 6.80 Å². The Morgan fingerprint density at radius 1 is 1.27 bits per heavy atom. The molecule has 0 aromatic heterocycles. The molecule has 0 radical (unpaired) electrons. The molecule has 0 aromatic rings. The molecule has 0 heterocycles. The zero-order valence-corrected chi connectivity index (χ0v) is 11.9. The summed E-state index contributed by atoms with van der Waals surface area (Å²) in [6, 6.07) is 0. The van der Waals surface area contributed by atoms with Crippen LogP contribution in [-0.4, -0.2) is 30.3 Å². The summed E-state index contributed by atoms with van der Waals surface area (Å²) < 4.78 is 15.5. The predicted octanol–water partition coefficient (Wildman–Crippen LogP) is 2.88. The van der Waals surface area contributed by atoms with E-state index in [1.807, 2.05) is 6.92 Å². The number of hydrogen-bond donors (Lipinski definition) is 2. The molecule has 4 nitrogen and oxygen atoms in total. The van der Waals surface area contributed by atoms with Crippen LogP contribution in [0.4, 0.5) is 0 Å². The highest BCUT2D eigenvalue weighted by Gasteiger charge is 2.17. The fraction of sp³-hybridized carbons (Fsp3) is 1.00. The van der Waals surface area contributed by atoms with Crippen LogP contribution >= 0.6 is 18.2 Å². The van der Waals surface area contributed by atoms with Crippen molar-refractivity contribution in [2.24, 2.45) is 0 Å². The molecule has 0 fully saturated rings. The Bertz CT molecular complexity index is 167. The van der Waals surface area contributed by atoms with E-state index in [1.54, 1.807) is 6.92 Å². The predicted molar refractivity (Wildman–Crippen MR) is 68.4 cm³/mol. The molecule has 0 amide bonds. The van der Waals surface area contributed by atoms with Gasteiger partial charge in [-0.2, -0.15) is 0 Å². The minimum absolute atomic E-state index is 0.296. The zero-order chi connectivity index (χ0) is 12.2. The van der Waals surface area contributed by atoms with Crippen molar-refractivity contribution in [3.8, 4) is 0 Å². The van der Waals surface area contributed by atoms with Crippen LogP contribution < -0.4 is 5.32 Å². The summed E-state index contributed by atoms with van der Waals surface area (Å²) in [4.78, 5) is 8.94. The molecule has 15 heavy (non-hydrogen) atoms. The molecule has 0 bridgehead atoms. The van der Waals surface area contributed by atoms with Gasteiger partial charge in [-0.05, 0) is 37.8 Å². The van der Waals surface area contributed by atoms with Crippen molar-refractivity contribution in [2.75, 3.05) is 25.4 Å². The fourth-order valence-corrected chi connectivity index (χ4v) is 3.25. The van der Waals surface area contributed by atoms with E-state index in [2.05, 4.69) is 23.7 Å². The van der Waals surface area contributed by atoms with Crippen molar-refractivity contribution in [2.45, 2.75) is 34.1 Å². The van der Waals surface area contributed by atoms with Crippen LogP contribution in [-0.2, 0) is 9.09 Å². The number of nitrogens with one attached hydrogen (secondary N) is 1. The normalized spacial score (nSPS) is 13.9. The molecule has 0 rings (SSSR count). The Hall–Kier alpha value is 0.460. The number of hydrogen-bond acceptors (Lipinski definition) is 4. The standard InChI is InChI=1S/C5H13O3PS.C4H11N/c1-3-5-10-9(6,7)8-4-2;1-3-5-4-2/h3-5H2,1-2H3,(H,6,7);5H,3-4H2,1-2H3. The first-order chi connectivity index (χ1) is 7.04. The highest BCUT2D eigenvalue weighted by Crippen LogP contribution is 2.55. The van der Waals surface area contributed by atoms with Gasteiger partial charge >= 0.3 is 6.80 Å². The Morgan fingerprint density at radius 3 is 2.07 bits per heavy atom. The highest BCUT2D eigenvalue weighted by atomic mass is 32.7. The molecule has 0 aliphatic carbocycles. The molecule has 1 atom stereocenters. The Balaban J connectivity index is 0. The molecule has 0 aromatic carbocycles. The average Bonchev–Trinajstić information content (AvgIpc) is 2.17. The van der Waals surface area contributed by atoms with Gasteiger partial charge in [0.1, 0.15) is 0 Å². The first kappa shape index (κ1) is 17.8. The third-order valence-corrected chi connectivity index (χ3v) is 4.60. The molecule has 94 valence electrons. The van der Waals surface area contributed by atoms with Gasteiger partial charge in [-0.15, -0.1) is 0 Å². The van der Waals surface area contributed by atoms with Crippen LogP contribution in [0.2, 0.25) is 0 Å². The monoisotopic (exact) mass is 257 g/mol. The molecule has 0 aliphatic heterocycles. The Kier molecular flexibility index (Phi) is 14.9. The van der Waals surface area contributed by atoms with E-state index >= 15 is 0 Å². The van der Waals surface area contributed by atoms with Gasteiger partial charge in [0.2, 0.25) is 0 Å². The summed E-state index contributed by atoms with van der Waals surface area (Å²) in [5.74, 6) is 0.674. The lowest BCUT2D eigenvalue weighted by Crippen LogP contribution is -2.09. The molecule has 6 heteroatoms. The second-order valence-corrected chi connectivity index (χ2v) is 6.70. The molecule has 2 N–H and O–H groups in total. The lowest BCUT2D eigenvalue weighted by Gasteiger charge is -2.07. The minimum Gasteiger partial charge on any atom is -0.317 e. The number of rotatable bonds is 7. The summed E-state index contributed by atoms with van der Waals surface area (Å²) >= 11 is 0.992. The van der Waals surface area contributed by atoms with Crippen molar-refractivity contribution in [3.63, 3.8) is 0 Å². The van der Waals surface area contributed by atoms with Gasteiger partial charge in [0.25, 0.3) is 0 Å². The topological polar surface area (TPSA) is 58.6 Å².